The summed E-state index contributed by atoms with van der Waals surface area (Å²) in [5, 5.41) is 1.98. The quantitative estimate of drug-likeness (QED) is 0.599. The normalized spacial score (nSPS) is 13.2. The summed E-state index contributed by atoms with van der Waals surface area (Å²) in [7, 11) is 0. The van der Waals surface area contributed by atoms with Crippen molar-refractivity contribution in [1.82, 2.24) is 19.6 Å². The average Bonchev–Trinajstić information content (AvgIpc) is 2.52. The standard InChI is InChI=1S/C7H2F6N4S/c8-6(9,10)2-1-3(7(11,12)13)17-4(14-2)15-5(18)16-17/h1H,(H,16,18). The van der Waals surface area contributed by atoms with Crippen LogP contribution in [0.2, 0.25) is 0 Å². The Bertz CT molecular complexity index is 650. The fourth-order valence-electron chi connectivity index (χ4n) is 1.24. The van der Waals surface area contributed by atoms with Gasteiger partial charge in [0.15, 0.2) is 5.69 Å². The number of hydrogen-bond donors (Lipinski definition) is 1. The van der Waals surface area contributed by atoms with E-state index < -0.39 is 34.3 Å². The van der Waals surface area contributed by atoms with Crippen molar-refractivity contribution in [3.8, 4) is 0 Å². The molecule has 2 aromatic rings. The summed E-state index contributed by atoms with van der Waals surface area (Å²) in [6.07, 6.45) is -10.0. The van der Waals surface area contributed by atoms with E-state index in [4.69, 9.17) is 0 Å². The molecule has 4 nitrogen and oxygen atoms in total. The largest absolute Gasteiger partial charge is 0.433 e. The van der Waals surface area contributed by atoms with E-state index in [9.17, 15) is 26.3 Å². The molecule has 11 heteroatoms. The summed E-state index contributed by atoms with van der Waals surface area (Å²) in [5.41, 5.74) is -3.26. The van der Waals surface area contributed by atoms with Crippen molar-refractivity contribution in [2.75, 3.05) is 0 Å². The molecule has 0 radical (unpaired) electrons. The summed E-state index contributed by atoms with van der Waals surface area (Å²) in [6.45, 7) is 0. The van der Waals surface area contributed by atoms with E-state index in [1.54, 1.807) is 0 Å². The lowest BCUT2D eigenvalue weighted by atomic mass is 10.3. The van der Waals surface area contributed by atoms with Crippen LogP contribution >= 0.6 is 12.2 Å². The number of fused-ring (bicyclic) bond motifs is 1. The fraction of sp³-hybridized carbons (Fsp3) is 0.286. The monoisotopic (exact) mass is 288 g/mol. The molecular formula is C7H2F6N4S. The van der Waals surface area contributed by atoms with E-state index >= 15 is 0 Å². The molecule has 0 unspecified atom stereocenters. The summed E-state index contributed by atoms with van der Waals surface area (Å²) in [5.74, 6) is -0.790. The average molecular weight is 288 g/mol. The molecule has 0 amide bonds. The number of hydrogen-bond acceptors (Lipinski definition) is 3. The van der Waals surface area contributed by atoms with Gasteiger partial charge in [-0.25, -0.2) is 9.50 Å². The molecule has 0 aliphatic carbocycles. The van der Waals surface area contributed by atoms with Crippen molar-refractivity contribution in [2.45, 2.75) is 12.4 Å². The lowest BCUT2D eigenvalue weighted by molar-refractivity contribution is -0.148. The highest BCUT2D eigenvalue weighted by atomic mass is 32.1. The smallest absolute Gasteiger partial charge is 0.265 e. The van der Waals surface area contributed by atoms with Crippen molar-refractivity contribution in [1.29, 1.82) is 0 Å². The summed E-state index contributed by atoms with van der Waals surface area (Å²) < 4.78 is 74.8. The topological polar surface area (TPSA) is 46.0 Å². The van der Waals surface area contributed by atoms with Crippen molar-refractivity contribution < 1.29 is 26.3 Å². The lowest BCUT2D eigenvalue weighted by Gasteiger charge is -2.11. The molecule has 0 fully saturated rings. The first kappa shape index (κ1) is 12.8. The Morgan fingerprint density at radius 3 is 2.17 bits per heavy atom. The van der Waals surface area contributed by atoms with E-state index in [0.717, 1.165) is 0 Å². The maximum Gasteiger partial charge on any atom is 0.433 e. The van der Waals surface area contributed by atoms with Crippen molar-refractivity contribution in [3.63, 3.8) is 0 Å². The van der Waals surface area contributed by atoms with Crippen LogP contribution in [0, 0.1) is 4.77 Å². The van der Waals surface area contributed by atoms with Crippen LogP contribution in [0.1, 0.15) is 11.4 Å². The molecular weight excluding hydrogens is 286 g/mol. The van der Waals surface area contributed by atoms with Crippen molar-refractivity contribution >= 4 is 18.0 Å². The second kappa shape index (κ2) is 3.67. The molecule has 0 saturated carbocycles. The highest BCUT2D eigenvalue weighted by molar-refractivity contribution is 7.71. The molecule has 0 atom stereocenters. The number of nitrogens with one attached hydrogen (secondary N) is 1. The van der Waals surface area contributed by atoms with Crippen molar-refractivity contribution in [2.24, 2.45) is 0 Å². The SMILES string of the molecule is FC(F)(F)c1cc(C(F)(F)F)n2[nH]c(=S)nc2n1. The van der Waals surface area contributed by atoms with Crippen LogP contribution in [-0.4, -0.2) is 19.6 Å². The van der Waals surface area contributed by atoms with Gasteiger partial charge in [-0.3, -0.25) is 5.10 Å². The minimum Gasteiger partial charge on any atom is -0.265 e. The van der Waals surface area contributed by atoms with Gasteiger partial charge >= 0.3 is 12.4 Å². The van der Waals surface area contributed by atoms with Gasteiger partial charge in [0.25, 0.3) is 5.78 Å². The lowest BCUT2D eigenvalue weighted by Crippen LogP contribution is -2.18. The molecule has 2 rings (SSSR count). The summed E-state index contributed by atoms with van der Waals surface area (Å²) in [4.78, 5) is 6.24. The van der Waals surface area contributed by atoms with Crippen LogP contribution in [-0.2, 0) is 12.4 Å². The minimum atomic E-state index is -5.00. The number of aromatic amines is 1. The minimum absolute atomic E-state index is 0.111. The first-order valence-corrected chi connectivity index (χ1v) is 4.64. The molecule has 0 aliphatic rings. The number of nitrogens with zero attached hydrogens (tertiary/aromatic N) is 3. The Morgan fingerprint density at radius 1 is 1.06 bits per heavy atom. The second-order valence-electron chi connectivity index (χ2n) is 3.19. The van der Waals surface area contributed by atoms with E-state index in [0.29, 0.717) is 0 Å². The third-order valence-electron chi connectivity index (χ3n) is 1.92. The van der Waals surface area contributed by atoms with Crippen LogP contribution < -0.4 is 0 Å². The zero-order chi connectivity index (χ0) is 13.7. The molecule has 1 N–H and O–H groups in total. The van der Waals surface area contributed by atoms with Gasteiger partial charge in [0.1, 0.15) is 5.69 Å². The Labute approximate surface area is 99.3 Å². The molecule has 0 bridgehead atoms. The van der Waals surface area contributed by atoms with E-state index in [1.807, 2.05) is 5.10 Å². The van der Waals surface area contributed by atoms with Crippen molar-refractivity contribution in [3.05, 3.63) is 22.2 Å². The highest BCUT2D eigenvalue weighted by Crippen LogP contribution is 2.34. The predicted octanol–water partition coefficient (Wildman–Crippen LogP) is 2.82. The molecule has 98 valence electrons. The van der Waals surface area contributed by atoms with Crippen LogP contribution in [0.15, 0.2) is 6.07 Å². The van der Waals surface area contributed by atoms with Gasteiger partial charge in [-0.15, -0.1) is 0 Å². The highest BCUT2D eigenvalue weighted by Gasteiger charge is 2.40. The fourth-order valence-corrected chi connectivity index (χ4v) is 1.42. The molecule has 0 saturated heterocycles. The van der Waals surface area contributed by atoms with E-state index in [2.05, 4.69) is 22.2 Å². The maximum absolute atomic E-state index is 12.6. The third kappa shape index (κ3) is 2.17. The summed E-state index contributed by atoms with van der Waals surface area (Å²) in [6, 6.07) is -0.111. The van der Waals surface area contributed by atoms with Crippen LogP contribution in [0.25, 0.3) is 5.78 Å². The second-order valence-corrected chi connectivity index (χ2v) is 3.57. The number of aromatic nitrogens is 4. The Hall–Kier alpha value is -1.65. The third-order valence-corrected chi connectivity index (χ3v) is 2.11. The Balaban J connectivity index is 2.85. The van der Waals surface area contributed by atoms with Gasteiger partial charge in [0.2, 0.25) is 4.77 Å². The zero-order valence-corrected chi connectivity index (χ0v) is 8.91. The van der Waals surface area contributed by atoms with Crippen LogP contribution in [0.3, 0.4) is 0 Å². The molecule has 0 aromatic carbocycles. The first-order chi connectivity index (χ1) is 8.09. The van der Waals surface area contributed by atoms with E-state index in [-0.39, 0.29) is 10.6 Å². The van der Waals surface area contributed by atoms with Gasteiger partial charge in [-0.2, -0.15) is 31.3 Å². The maximum atomic E-state index is 12.6. The number of rotatable bonds is 0. The zero-order valence-electron chi connectivity index (χ0n) is 8.10. The molecule has 18 heavy (non-hydrogen) atoms. The van der Waals surface area contributed by atoms with E-state index in [1.165, 1.54) is 0 Å². The number of alkyl halides is 6. The molecule has 2 heterocycles. The van der Waals surface area contributed by atoms with Gasteiger partial charge in [-0.05, 0) is 18.3 Å². The number of H-pyrrole nitrogens is 1. The number of halogens is 6. The van der Waals surface area contributed by atoms with Gasteiger partial charge in [0.05, 0.1) is 0 Å². The van der Waals surface area contributed by atoms with Gasteiger partial charge < -0.3 is 0 Å². The summed E-state index contributed by atoms with van der Waals surface area (Å²) >= 11 is 4.46. The molecule has 2 aromatic heterocycles. The van der Waals surface area contributed by atoms with Crippen LogP contribution in [0.5, 0.6) is 0 Å². The first-order valence-electron chi connectivity index (χ1n) is 4.23. The Kier molecular flexibility index (Phi) is 2.61. The van der Waals surface area contributed by atoms with Gasteiger partial charge in [0, 0.05) is 0 Å². The molecule has 0 spiro atoms. The van der Waals surface area contributed by atoms with Gasteiger partial charge in [-0.1, -0.05) is 0 Å². The predicted molar refractivity (Wildman–Crippen MR) is 48.2 cm³/mol. The Morgan fingerprint density at radius 2 is 1.67 bits per heavy atom. The van der Waals surface area contributed by atoms with Crippen LogP contribution in [0.4, 0.5) is 26.3 Å². The molecule has 0 aliphatic heterocycles.